The van der Waals surface area contributed by atoms with E-state index in [0.717, 1.165) is 12.1 Å². The van der Waals surface area contributed by atoms with E-state index in [1.54, 1.807) is 0 Å². The zero-order chi connectivity index (χ0) is 19.8. The highest BCUT2D eigenvalue weighted by molar-refractivity contribution is 5.98. The van der Waals surface area contributed by atoms with Crippen LogP contribution in [0.25, 0.3) is 11.1 Å². The van der Waals surface area contributed by atoms with Gasteiger partial charge in [-0.15, -0.1) is 0 Å². The average Bonchev–Trinajstić information content (AvgIpc) is 3.09. The number of hydrogen-bond acceptors (Lipinski definition) is 4. The molecule has 0 atom stereocenters. The summed E-state index contributed by atoms with van der Waals surface area (Å²) in [5.74, 6) is -0.293. The van der Waals surface area contributed by atoms with E-state index in [9.17, 15) is 22.8 Å². The number of pyridine rings is 1. The van der Waals surface area contributed by atoms with E-state index in [1.165, 1.54) is 30.1 Å². The Morgan fingerprint density at radius 3 is 2.67 bits per heavy atom. The summed E-state index contributed by atoms with van der Waals surface area (Å²) in [6.07, 6.45) is -1.41. The van der Waals surface area contributed by atoms with Gasteiger partial charge in [0.2, 0.25) is 0 Å². The number of alkyl halides is 3. The number of ketones is 1. The number of fused-ring (bicyclic) bond motifs is 1. The van der Waals surface area contributed by atoms with Crippen molar-refractivity contribution in [2.45, 2.75) is 25.6 Å². The summed E-state index contributed by atoms with van der Waals surface area (Å²) in [5, 5.41) is 8.88. The van der Waals surface area contributed by atoms with E-state index >= 15 is 0 Å². The van der Waals surface area contributed by atoms with Gasteiger partial charge in [-0.25, -0.2) is 0 Å². The molecule has 0 radical (unpaired) electrons. The number of benzene rings is 1. The van der Waals surface area contributed by atoms with Crippen molar-refractivity contribution in [2.24, 2.45) is 12.0 Å². The molecule has 5 nitrogen and oxygen atoms in total. The van der Waals surface area contributed by atoms with Crippen LogP contribution in [0.4, 0.5) is 13.2 Å². The fraction of sp³-hybridized carbons (Fsp3) is 0.316. The van der Waals surface area contributed by atoms with Crippen LogP contribution in [0.1, 0.15) is 39.9 Å². The number of aliphatic hydroxyl groups excluding tert-OH is 1. The molecule has 27 heavy (non-hydrogen) atoms. The smallest absolute Gasteiger partial charge is 0.396 e. The molecule has 1 aromatic heterocycles. The average molecular weight is 378 g/mol. The Labute approximate surface area is 152 Å². The minimum atomic E-state index is -4.56. The molecule has 2 aromatic rings. The number of aliphatic imine (C=N–C) groups is 1. The third-order valence-electron chi connectivity index (χ3n) is 4.43. The lowest BCUT2D eigenvalue weighted by molar-refractivity contribution is -0.137. The molecular weight excluding hydrogens is 361 g/mol. The Morgan fingerprint density at radius 2 is 2.00 bits per heavy atom. The maximum Gasteiger partial charge on any atom is 0.416 e. The number of aromatic nitrogens is 1. The van der Waals surface area contributed by atoms with Crippen LogP contribution in [-0.4, -0.2) is 28.3 Å². The first-order valence-corrected chi connectivity index (χ1v) is 8.31. The van der Waals surface area contributed by atoms with Gasteiger partial charge in [0.25, 0.3) is 5.56 Å². The molecule has 0 amide bonds. The van der Waals surface area contributed by atoms with Gasteiger partial charge in [0.15, 0.2) is 5.78 Å². The molecule has 0 fully saturated rings. The van der Waals surface area contributed by atoms with Crippen LogP contribution in [-0.2, 0) is 19.8 Å². The summed E-state index contributed by atoms with van der Waals surface area (Å²) in [6, 6.07) is 3.28. The fourth-order valence-electron chi connectivity index (χ4n) is 3.06. The highest BCUT2D eigenvalue weighted by Crippen LogP contribution is 2.36. The highest BCUT2D eigenvalue weighted by atomic mass is 19.4. The zero-order valence-corrected chi connectivity index (χ0v) is 14.5. The van der Waals surface area contributed by atoms with Crippen LogP contribution in [0, 0.1) is 0 Å². The van der Waals surface area contributed by atoms with Gasteiger partial charge >= 0.3 is 6.18 Å². The van der Waals surface area contributed by atoms with Gasteiger partial charge in [0.1, 0.15) is 0 Å². The first kappa shape index (κ1) is 19.0. The molecule has 0 saturated carbocycles. The van der Waals surface area contributed by atoms with Gasteiger partial charge in [0.05, 0.1) is 12.1 Å². The van der Waals surface area contributed by atoms with Crippen LogP contribution < -0.4 is 5.56 Å². The van der Waals surface area contributed by atoms with Gasteiger partial charge in [-0.05, 0) is 35.7 Å². The second kappa shape index (κ2) is 7.11. The van der Waals surface area contributed by atoms with Crippen molar-refractivity contribution in [3.8, 4) is 11.1 Å². The SMILES string of the molecule is Cn1cc(C(=O)CCCO)cc(-c2cc(C(F)(F)F)cc3c2C=NC3)c1=O. The lowest BCUT2D eigenvalue weighted by Crippen LogP contribution is -2.21. The summed E-state index contributed by atoms with van der Waals surface area (Å²) >= 11 is 0. The van der Waals surface area contributed by atoms with Crippen molar-refractivity contribution in [3.05, 3.63) is 57.0 Å². The van der Waals surface area contributed by atoms with Crippen LogP contribution in [0.5, 0.6) is 0 Å². The van der Waals surface area contributed by atoms with Crippen LogP contribution >= 0.6 is 0 Å². The second-order valence-corrected chi connectivity index (χ2v) is 6.37. The Morgan fingerprint density at radius 1 is 1.26 bits per heavy atom. The topological polar surface area (TPSA) is 71.7 Å². The summed E-state index contributed by atoms with van der Waals surface area (Å²) in [7, 11) is 1.44. The largest absolute Gasteiger partial charge is 0.416 e. The van der Waals surface area contributed by atoms with E-state index in [-0.39, 0.29) is 48.5 Å². The molecule has 2 heterocycles. The Balaban J connectivity index is 2.21. The molecule has 0 aliphatic carbocycles. The Bertz CT molecular complexity index is 991. The second-order valence-electron chi connectivity index (χ2n) is 6.37. The predicted octanol–water partition coefficient (Wildman–Crippen LogP) is 2.96. The number of hydrogen-bond donors (Lipinski definition) is 1. The molecule has 1 aliphatic rings. The highest BCUT2D eigenvalue weighted by Gasteiger charge is 2.33. The number of nitrogens with zero attached hydrogens (tertiary/aromatic N) is 2. The first-order chi connectivity index (χ1) is 12.7. The van der Waals surface area contributed by atoms with Crippen LogP contribution in [0.3, 0.4) is 0 Å². The maximum atomic E-state index is 13.3. The van der Waals surface area contributed by atoms with E-state index < -0.39 is 17.3 Å². The molecule has 0 saturated heterocycles. The fourth-order valence-corrected chi connectivity index (χ4v) is 3.06. The lowest BCUT2D eigenvalue weighted by Gasteiger charge is -2.14. The molecule has 0 bridgehead atoms. The number of aryl methyl sites for hydroxylation is 1. The summed E-state index contributed by atoms with van der Waals surface area (Å²) in [5.41, 5.74) is -0.182. The minimum absolute atomic E-state index is 0.0167. The Kier molecular flexibility index (Phi) is 5.01. The van der Waals surface area contributed by atoms with Gasteiger partial charge in [-0.3, -0.25) is 14.6 Å². The number of halogens is 3. The molecule has 3 rings (SSSR count). The van der Waals surface area contributed by atoms with Gasteiger partial charge in [-0.1, -0.05) is 0 Å². The van der Waals surface area contributed by atoms with Crippen molar-refractivity contribution in [1.29, 1.82) is 0 Å². The lowest BCUT2D eigenvalue weighted by atomic mass is 9.93. The Hall–Kier alpha value is -2.74. The van der Waals surface area contributed by atoms with Crippen molar-refractivity contribution >= 4 is 12.0 Å². The van der Waals surface area contributed by atoms with Gasteiger partial charge < -0.3 is 9.67 Å². The molecule has 0 unspecified atom stereocenters. The van der Waals surface area contributed by atoms with Gasteiger partial charge in [-0.2, -0.15) is 13.2 Å². The summed E-state index contributed by atoms with van der Waals surface area (Å²) in [4.78, 5) is 28.9. The standard InChI is InChI=1S/C19H17F3N2O3/c1-24-10-12(17(26)3-2-4-25)6-15(18(24)27)14-7-13(19(20,21)22)5-11-8-23-9-16(11)14/h5-7,9-10,25H,2-4,8H2,1H3. The number of carbonyl (C=O) groups excluding carboxylic acids is 1. The molecule has 1 aliphatic heterocycles. The number of rotatable bonds is 5. The summed E-state index contributed by atoms with van der Waals surface area (Å²) in [6.45, 7) is -0.0380. The van der Waals surface area contributed by atoms with Crippen LogP contribution in [0.2, 0.25) is 0 Å². The van der Waals surface area contributed by atoms with Gasteiger partial charge in [0, 0.05) is 49.2 Å². The first-order valence-electron chi connectivity index (χ1n) is 8.31. The third kappa shape index (κ3) is 3.71. The molecular formula is C19H17F3N2O3. The molecule has 1 aromatic carbocycles. The van der Waals surface area contributed by atoms with Crippen molar-refractivity contribution < 1.29 is 23.1 Å². The van der Waals surface area contributed by atoms with E-state index in [0.29, 0.717) is 11.1 Å². The predicted molar refractivity (Wildman–Crippen MR) is 94.1 cm³/mol. The quantitative estimate of drug-likeness (QED) is 0.813. The molecule has 1 N–H and O–H groups in total. The minimum Gasteiger partial charge on any atom is -0.396 e. The third-order valence-corrected chi connectivity index (χ3v) is 4.43. The number of aliphatic hydroxyl groups is 1. The van der Waals surface area contributed by atoms with E-state index in [1.807, 2.05) is 0 Å². The zero-order valence-electron chi connectivity index (χ0n) is 14.5. The van der Waals surface area contributed by atoms with Crippen molar-refractivity contribution in [3.63, 3.8) is 0 Å². The maximum absolute atomic E-state index is 13.3. The van der Waals surface area contributed by atoms with Crippen molar-refractivity contribution in [2.75, 3.05) is 6.61 Å². The van der Waals surface area contributed by atoms with E-state index in [2.05, 4.69) is 4.99 Å². The molecule has 0 spiro atoms. The number of Topliss-reactive ketones (excluding diaryl/α,β-unsaturated/α-hetero) is 1. The normalized spacial score (nSPS) is 13.1. The summed E-state index contributed by atoms with van der Waals surface area (Å²) < 4.78 is 41.0. The van der Waals surface area contributed by atoms with Crippen molar-refractivity contribution in [1.82, 2.24) is 4.57 Å². The molecule has 8 heteroatoms. The number of carbonyl (C=O) groups is 1. The van der Waals surface area contributed by atoms with Crippen LogP contribution in [0.15, 0.2) is 34.2 Å². The van der Waals surface area contributed by atoms with E-state index in [4.69, 9.17) is 5.11 Å². The molecule has 142 valence electrons. The monoisotopic (exact) mass is 378 g/mol.